The molecule has 0 N–H and O–H groups in total. The lowest BCUT2D eigenvalue weighted by molar-refractivity contribution is 0.0600. The van der Waals surface area contributed by atoms with Gasteiger partial charge in [-0.2, -0.15) is 14.6 Å². The smallest absolute Gasteiger partial charge is 0.337 e. The fraction of sp³-hybridized carbons (Fsp3) is 0.366. The summed E-state index contributed by atoms with van der Waals surface area (Å²) in [5, 5.41) is 4.91. The quantitative estimate of drug-likeness (QED) is 0.0265. The van der Waals surface area contributed by atoms with E-state index in [1.807, 2.05) is 71.1 Å². The molecule has 5 rings (SSSR count). The van der Waals surface area contributed by atoms with Crippen molar-refractivity contribution in [2.75, 3.05) is 45.3 Å². The first-order valence-electron chi connectivity index (χ1n) is 18.4. The van der Waals surface area contributed by atoms with Gasteiger partial charge < -0.3 is 28.6 Å². The average Bonchev–Trinajstić information content (AvgIpc) is 3.57. The fourth-order valence-corrected chi connectivity index (χ4v) is 6.92. The minimum atomic E-state index is -1.34. The second kappa shape index (κ2) is 18.5. The maximum Gasteiger partial charge on any atom is 0.337 e. The van der Waals surface area contributed by atoms with E-state index in [1.165, 1.54) is 7.11 Å². The van der Waals surface area contributed by atoms with E-state index in [0.717, 1.165) is 34.5 Å². The van der Waals surface area contributed by atoms with Gasteiger partial charge in [-0.15, -0.1) is 0 Å². The van der Waals surface area contributed by atoms with E-state index in [-0.39, 0.29) is 13.5 Å². The van der Waals surface area contributed by atoms with E-state index in [2.05, 4.69) is 39.3 Å². The van der Waals surface area contributed by atoms with Crippen LogP contribution in [-0.4, -0.2) is 82.1 Å². The van der Waals surface area contributed by atoms with Crippen molar-refractivity contribution in [1.82, 2.24) is 19.6 Å². The summed E-state index contributed by atoms with van der Waals surface area (Å²) in [6.45, 7) is 18.2. The highest BCUT2D eigenvalue weighted by Crippen LogP contribution is 2.37. The third-order valence-electron chi connectivity index (χ3n) is 8.54. The van der Waals surface area contributed by atoms with Crippen molar-refractivity contribution in [3.8, 4) is 34.0 Å². The molecule has 286 valence electrons. The van der Waals surface area contributed by atoms with Crippen molar-refractivity contribution < 1.29 is 28.5 Å². The second-order valence-electron chi connectivity index (χ2n) is 15.4. The van der Waals surface area contributed by atoms with Gasteiger partial charge in [0.2, 0.25) is 5.88 Å². The molecule has 0 saturated heterocycles. The Morgan fingerprint density at radius 3 is 2.07 bits per heavy atom. The molecule has 0 aliphatic rings. The minimum absolute atomic E-state index is 0.252. The van der Waals surface area contributed by atoms with Gasteiger partial charge in [0.05, 0.1) is 43.0 Å². The van der Waals surface area contributed by atoms with E-state index < -0.39 is 22.1 Å². The van der Waals surface area contributed by atoms with Crippen LogP contribution in [0.2, 0.25) is 51.4 Å². The fourth-order valence-electron chi connectivity index (χ4n) is 5.40. The lowest BCUT2D eigenvalue weighted by atomic mass is 10.1. The van der Waals surface area contributed by atoms with Gasteiger partial charge in [0.25, 0.3) is 0 Å². The van der Waals surface area contributed by atoms with Crippen molar-refractivity contribution in [1.29, 1.82) is 0 Å². The van der Waals surface area contributed by atoms with Crippen LogP contribution in [-0.2, 0) is 18.9 Å². The Labute approximate surface area is 320 Å². The number of carbonyl (C=O) groups is 1. The summed E-state index contributed by atoms with van der Waals surface area (Å²) < 4.78 is 31.7. The number of hydrogen-bond acceptors (Lipinski definition) is 10. The average molecular weight is 768 g/mol. The van der Waals surface area contributed by atoms with E-state index >= 15 is 0 Å². The SMILES string of the molecule is CCOC=Cc1c(Oc2ccc(C(=O)OC)cc2)nc2c(-c3ccc(-c4ccccc4)nc3)cnn2c1N(COCC[Si](C)(C)C)COCC[Si](C)(C)C. The molecule has 2 aromatic carbocycles. The van der Waals surface area contributed by atoms with Crippen LogP contribution in [0.15, 0.2) is 85.4 Å². The highest BCUT2D eigenvalue weighted by molar-refractivity contribution is 6.76. The second-order valence-corrected chi connectivity index (χ2v) is 26.6. The Bertz CT molecular complexity index is 1970. The zero-order chi connectivity index (χ0) is 38.7. The first kappa shape index (κ1) is 40.4. The molecular weight excluding hydrogens is 715 g/mol. The predicted octanol–water partition coefficient (Wildman–Crippen LogP) is 9.48. The summed E-state index contributed by atoms with van der Waals surface area (Å²) in [5.41, 5.74) is 5.09. The molecule has 3 heterocycles. The standard InChI is InChI=1S/C41H53N5O6Si2/c1-9-49-22-21-35-39(52-34-18-15-32(16-19-34)41(47)48-2)44-38-36(33-17-20-37(42-27-33)31-13-11-10-12-14-31)28-43-46(38)40(35)45(29-50-23-25-53(3,4)5)30-51-24-26-54(6,7)8/h10-22,27-28H,9,23-26,29-30H2,1-8H3. The number of carbonyl (C=O) groups excluding carboxylic acids is 1. The number of nitrogens with zero attached hydrogens (tertiary/aromatic N) is 5. The van der Waals surface area contributed by atoms with Gasteiger partial charge in [-0.25, -0.2) is 4.79 Å². The lowest BCUT2D eigenvalue weighted by Gasteiger charge is -2.28. The third-order valence-corrected chi connectivity index (χ3v) is 11.9. The Morgan fingerprint density at radius 2 is 1.50 bits per heavy atom. The van der Waals surface area contributed by atoms with Gasteiger partial charge in [-0.1, -0.05) is 75.7 Å². The molecule has 0 atom stereocenters. The van der Waals surface area contributed by atoms with Crippen LogP contribution in [0.5, 0.6) is 11.6 Å². The zero-order valence-electron chi connectivity index (χ0n) is 32.8. The summed E-state index contributed by atoms with van der Waals surface area (Å²) in [7, 11) is -1.33. The van der Waals surface area contributed by atoms with E-state index in [4.69, 9.17) is 38.8 Å². The van der Waals surface area contributed by atoms with Crippen LogP contribution < -0.4 is 9.64 Å². The van der Waals surface area contributed by atoms with Gasteiger partial charge in [0.1, 0.15) is 25.0 Å². The topological polar surface area (TPSA) is 110 Å². The maximum absolute atomic E-state index is 12.2. The van der Waals surface area contributed by atoms with Crippen molar-refractivity contribution in [2.45, 2.75) is 58.3 Å². The molecule has 0 radical (unpaired) electrons. The van der Waals surface area contributed by atoms with E-state index in [0.29, 0.717) is 54.0 Å². The van der Waals surface area contributed by atoms with Crippen molar-refractivity contribution in [3.63, 3.8) is 0 Å². The van der Waals surface area contributed by atoms with Crippen molar-refractivity contribution in [2.24, 2.45) is 0 Å². The molecule has 3 aromatic heterocycles. The number of methoxy groups -OCH3 is 1. The number of hydrogen-bond donors (Lipinski definition) is 0. The number of fused-ring (bicyclic) bond motifs is 1. The summed E-state index contributed by atoms with van der Waals surface area (Å²) in [4.78, 5) is 24.1. The monoisotopic (exact) mass is 767 g/mol. The number of esters is 1. The zero-order valence-corrected chi connectivity index (χ0v) is 34.8. The normalized spacial score (nSPS) is 12.0. The minimum Gasteiger partial charge on any atom is -0.501 e. The van der Waals surface area contributed by atoms with Crippen LogP contribution in [0, 0.1) is 0 Å². The largest absolute Gasteiger partial charge is 0.501 e. The third kappa shape index (κ3) is 11.1. The van der Waals surface area contributed by atoms with Crippen LogP contribution >= 0.6 is 0 Å². The van der Waals surface area contributed by atoms with E-state index in [1.54, 1.807) is 36.7 Å². The Kier molecular flexibility index (Phi) is 13.8. The molecule has 54 heavy (non-hydrogen) atoms. The Balaban J connectivity index is 1.66. The Hall–Kier alpha value is -4.83. The summed E-state index contributed by atoms with van der Waals surface area (Å²) >= 11 is 0. The van der Waals surface area contributed by atoms with Gasteiger partial charge in [-0.05, 0) is 55.4 Å². The van der Waals surface area contributed by atoms with Gasteiger partial charge in [-0.3, -0.25) is 4.98 Å². The molecule has 11 nitrogen and oxygen atoms in total. The molecule has 5 aromatic rings. The molecule has 0 aliphatic heterocycles. The first-order chi connectivity index (χ1) is 25.9. The molecule has 0 bridgehead atoms. The van der Waals surface area contributed by atoms with Crippen LogP contribution in [0.3, 0.4) is 0 Å². The molecule has 0 amide bonds. The van der Waals surface area contributed by atoms with Crippen LogP contribution in [0.4, 0.5) is 5.82 Å². The summed E-state index contributed by atoms with van der Waals surface area (Å²) in [5.74, 6) is 1.02. The number of benzene rings is 2. The van der Waals surface area contributed by atoms with Crippen LogP contribution in [0.25, 0.3) is 34.1 Å². The maximum atomic E-state index is 12.2. The molecule has 13 heteroatoms. The molecule has 0 unspecified atom stereocenters. The summed E-state index contributed by atoms with van der Waals surface area (Å²) in [6.07, 6.45) is 7.10. The molecule has 0 saturated carbocycles. The first-order valence-corrected chi connectivity index (χ1v) is 25.8. The number of aromatic nitrogens is 4. The number of rotatable bonds is 19. The lowest BCUT2D eigenvalue weighted by Crippen LogP contribution is -2.34. The Morgan fingerprint density at radius 1 is 0.833 bits per heavy atom. The molecule has 0 aliphatic carbocycles. The number of anilines is 1. The number of pyridine rings is 1. The summed E-state index contributed by atoms with van der Waals surface area (Å²) in [6, 6.07) is 22.9. The van der Waals surface area contributed by atoms with Crippen molar-refractivity contribution in [3.05, 3.63) is 96.5 Å². The van der Waals surface area contributed by atoms with E-state index in [9.17, 15) is 4.79 Å². The predicted molar refractivity (Wildman–Crippen MR) is 221 cm³/mol. The van der Waals surface area contributed by atoms with Gasteiger partial charge in [0, 0.05) is 52.2 Å². The molecule has 0 spiro atoms. The van der Waals surface area contributed by atoms with Gasteiger partial charge in [0.15, 0.2) is 5.65 Å². The highest BCUT2D eigenvalue weighted by Gasteiger charge is 2.25. The molecule has 0 fully saturated rings. The highest BCUT2D eigenvalue weighted by atomic mass is 28.3. The van der Waals surface area contributed by atoms with Gasteiger partial charge >= 0.3 is 5.97 Å². The molecular formula is C41H53N5O6Si2. The van der Waals surface area contributed by atoms with Crippen LogP contribution in [0.1, 0.15) is 22.8 Å². The van der Waals surface area contributed by atoms with Crippen molar-refractivity contribution >= 4 is 39.7 Å². The number of ether oxygens (including phenoxy) is 5.